The van der Waals surface area contributed by atoms with E-state index in [2.05, 4.69) is 52.8 Å². The van der Waals surface area contributed by atoms with Crippen molar-refractivity contribution in [3.05, 3.63) is 35.9 Å². The second kappa shape index (κ2) is 9.32. The summed E-state index contributed by atoms with van der Waals surface area (Å²) < 4.78 is 5.75. The third kappa shape index (κ3) is 5.80. The van der Waals surface area contributed by atoms with E-state index < -0.39 is 0 Å². The Hall–Kier alpha value is -1.43. The van der Waals surface area contributed by atoms with Crippen LogP contribution in [0.15, 0.2) is 30.3 Å². The van der Waals surface area contributed by atoms with Crippen LogP contribution in [0.3, 0.4) is 0 Å². The number of piperidine rings is 1. The topological polar surface area (TPSA) is 53.6 Å². The van der Waals surface area contributed by atoms with Gasteiger partial charge in [-0.25, -0.2) is 0 Å². The monoisotopic (exact) mass is 345 g/mol. The number of hydrogen-bond donors (Lipinski definition) is 2. The molecule has 138 valence electrons. The molecule has 2 aliphatic rings. The van der Waals surface area contributed by atoms with Crippen LogP contribution in [0, 0.1) is 5.92 Å². The van der Waals surface area contributed by atoms with Crippen molar-refractivity contribution in [3.63, 3.8) is 0 Å². The van der Waals surface area contributed by atoms with Gasteiger partial charge in [-0.15, -0.1) is 0 Å². The van der Waals surface area contributed by atoms with E-state index >= 15 is 0 Å². The normalized spacial score (nSPS) is 23.5. The molecule has 2 heterocycles. The molecule has 0 aromatic heterocycles. The molecule has 2 aliphatic heterocycles. The average molecular weight is 345 g/mol. The molecule has 3 rings (SSSR count). The molecule has 1 aromatic carbocycles. The standard InChI is InChI=1S/C20H31N3O2/c1-16(22-20(24)15-25-19-7-10-21-11-8-19)18-9-12-23(14-18)13-17-5-3-2-4-6-17/h2-6,16,18-19,21H,7-15H2,1H3,(H,22,24). The van der Waals surface area contributed by atoms with Crippen LogP contribution in [0.4, 0.5) is 0 Å². The smallest absolute Gasteiger partial charge is 0.246 e. The number of ether oxygens (including phenoxy) is 1. The Morgan fingerprint density at radius 2 is 2.04 bits per heavy atom. The van der Waals surface area contributed by atoms with Gasteiger partial charge in [-0.2, -0.15) is 0 Å². The summed E-state index contributed by atoms with van der Waals surface area (Å²) in [6.45, 7) is 7.44. The number of rotatable bonds is 7. The van der Waals surface area contributed by atoms with Crippen LogP contribution in [0.2, 0.25) is 0 Å². The fourth-order valence-corrected chi connectivity index (χ4v) is 3.83. The summed E-state index contributed by atoms with van der Waals surface area (Å²) >= 11 is 0. The Labute approximate surface area is 151 Å². The van der Waals surface area contributed by atoms with Crippen LogP contribution in [-0.4, -0.2) is 55.7 Å². The zero-order valence-corrected chi connectivity index (χ0v) is 15.2. The molecule has 0 spiro atoms. The first-order chi connectivity index (χ1) is 12.2. The number of hydrogen-bond acceptors (Lipinski definition) is 4. The molecule has 5 heteroatoms. The number of nitrogens with zero attached hydrogens (tertiary/aromatic N) is 1. The van der Waals surface area contributed by atoms with E-state index in [1.54, 1.807) is 0 Å². The molecular weight excluding hydrogens is 314 g/mol. The lowest BCUT2D eigenvalue weighted by Crippen LogP contribution is -2.42. The lowest BCUT2D eigenvalue weighted by molar-refractivity contribution is -0.129. The molecule has 0 bridgehead atoms. The van der Waals surface area contributed by atoms with Gasteiger partial charge in [0.25, 0.3) is 0 Å². The minimum Gasteiger partial charge on any atom is -0.368 e. The molecule has 0 radical (unpaired) electrons. The van der Waals surface area contributed by atoms with Gasteiger partial charge in [-0.05, 0) is 57.3 Å². The Balaban J connectivity index is 1.36. The molecule has 25 heavy (non-hydrogen) atoms. The second-order valence-corrected chi connectivity index (χ2v) is 7.39. The molecule has 1 aromatic rings. The van der Waals surface area contributed by atoms with Crippen molar-refractivity contribution in [1.82, 2.24) is 15.5 Å². The quantitative estimate of drug-likeness (QED) is 0.791. The molecule has 2 fully saturated rings. The van der Waals surface area contributed by atoms with E-state index in [1.807, 2.05) is 0 Å². The summed E-state index contributed by atoms with van der Waals surface area (Å²) in [5.74, 6) is 0.541. The van der Waals surface area contributed by atoms with Gasteiger partial charge in [0.05, 0.1) is 6.10 Å². The highest BCUT2D eigenvalue weighted by molar-refractivity contribution is 5.77. The average Bonchev–Trinajstić information content (AvgIpc) is 3.10. The lowest BCUT2D eigenvalue weighted by Gasteiger charge is -2.24. The molecule has 0 saturated carbocycles. The molecule has 1 amide bonds. The first-order valence-corrected chi connectivity index (χ1v) is 9.58. The third-order valence-corrected chi connectivity index (χ3v) is 5.39. The van der Waals surface area contributed by atoms with Crippen LogP contribution in [-0.2, 0) is 16.1 Å². The summed E-state index contributed by atoms with van der Waals surface area (Å²) in [5, 5.41) is 6.45. The maximum atomic E-state index is 12.2. The maximum Gasteiger partial charge on any atom is 0.246 e. The van der Waals surface area contributed by atoms with E-state index in [-0.39, 0.29) is 24.7 Å². The van der Waals surface area contributed by atoms with Crippen molar-refractivity contribution < 1.29 is 9.53 Å². The summed E-state index contributed by atoms with van der Waals surface area (Å²) in [4.78, 5) is 14.6. The summed E-state index contributed by atoms with van der Waals surface area (Å²) in [6, 6.07) is 10.8. The minimum atomic E-state index is 0.0209. The van der Waals surface area contributed by atoms with E-state index in [0.29, 0.717) is 5.92 Å². The van der Waals surface area contributed by atoms with Crippen molar-refractivity contribution in [2.24, 2.45) is 5.92 Å². The van der Waals surface area contributed by atoms with Gasteiger partial charge in [0.15, 0.2) is 0 Å². The van der Waals surface area contributed by atoms with Crippen molar-refractivity contribution in [2.45, 2.75) is 44.9 Å². The van der Waals surface area contributed by atoms with Gasteiger partial charge in [0, 0.05) is 19.1 Å². The molecule has 5 nitrogen and oxygen atoms in total. The highest BCUT2D eigenvalue weighted by atomic mass is 16.5. The highest BCUT2D eigenvalue weighted by Gasteiger charge is 2.28. The second-order valence-electron chi connectivity index (χ2n) is 7.39. The number of nitrogens with one attached hydrogen (secondary N) is 2. The Kier molecular flexibility index (Phi) is 6.84. The number of amides is 1. The number of carbonyl (C=O) groups excluding carboxylic acids is 1. The van der Waals surface area contributed by atoms with Crippen molar-refractivity contribution >= 4 is 5.91 Å². The fourth-order valence-electron chi connectivity index (χ4n) is 3.83. The van der Waals surface area contributed by atoms with E-state index in [1.165, 1.54) is 5.56 Å². The first-order valence-electron chi connectivity index (χ1n) is 9.58. The van der Waals surface area contributed by atoms with Gasteiger partial charge in [0.2, 0.25) is 5.91 Å². The largest absolute Gasteiger partial charge is 0.368 e. The zero-order chi connectivity index (χ0) is 17.5. The van der Waals surface area contributed by atoms with Crippen LogP contribution in [0.25, 0.3) is 0 Å². The Bertz CT molecular complexity index is 531. The predicted molar refractivity (Wildman–Crippen MR) is 99.3 cm³/mol. The Morgan fingerprint density at radius 1 is 1.28 bits per heavy atom. The maximum absolute atomic E-state index is 12.2. The van der Waals surface area contributed by atoms with Gasteiger partial charge < -0.3 is 15.4 Å². The number of carbonyl (C=O) groups is 1. The predicted octanol–water partition coefficient (Wildman–Crippen LogP) is 1.78. The van der Waals surface area contributed by atoms with E-state index in [9.17, 15) is 4.79 Å². The zero-order valence-electron chi connectivity index (χ0n) is 15.2. The third-order valence-electron chi connectivity index (χ3n) is 5.39. The van der Waals surface area contributed by atoms with Gasteiger partial charge in [-0.3, -0.25) is 9.69 Å². The van der Waals surface area contributed by atoms with Gasteiger partial charge in [0.1, 0.15) is 6.61 Å². The van der Waals surface area contributed by atoms with Crippen molar-refractivity contribution in [3.8, 4) is 0 Å². The molecule has 2 N–H and O–H groups in total. The van der Waals surface area contributed by atoms with Crippen LogP contribution in [0.1, 0.15) is 31.7 Å². The first kappa shape index (κ1) is 18.4. The van der Waals surface area contributed by atoms with Crippen LogP contribution in [0.5, 0.6) is 0 Å². The van der Waals surface area contributed by atoms with Crippen molar-refractivity contribution in [1.29, 1.82) is 0 Å². The van der Waals surface area contributed by atoms with E-state index in [0.717, 1.165) is 52.0 Å². The van der Waals surface area contributed by atoms with E-state index in [4.69, 9.17) is 4.74 Å². The summed E-state index contributed by atoms with van der Waals surface area (Å²) in [5.41, 5.74) is 1.36. The molecular formula is C20H31N3O2. The Morgan fingerprint density at radius 3 is 2.80 bits per heavy atom. The SMILES string of the molecule is CC(NC(=O)COC1CCNCC1)C1CCN(Cc2ccccc2)C1. The molecule has 0 aliphatic carbocycles. The molecule has 2 saturated heterocycles. The number of likely N-dealkylation sites (tertiary alicyclic amines) is 1. The van der Waals surface area contributed by atoms with Crippen molar-refractivity contribution in [2.75, 3.05) is 32.8 Å². The highest BCUT2D eigenvalue weighted by Crippen LogP contribution is 2.21. The number of benzene rings is 1. The van der Waals surface area contributed by atoms with Crippen LogP contribution >= 0.6 is 0 Å². The lowest BCUT2D eigenvalue weighted by atomic mass is 10.0. The summed E-state index contributed by atoms with van der Waals surface area (Å²) in [6.07, 6.45) is 3.37. The fraction of sp³-hybridized carbons (Fsp3) is 0.650. The molecule has 2 unspecified atom stereocenters. The van der Waals surface area contributed by atoms with Crippen LogP contribution < -0.4 is 10.6 Å². The van der Waals surface area contributed by atoms with Gasteiger partial charge >= 0.3 is 0 Å². The van der Waals surface area contributed by atoms with Gasteiger partial charge in [-0.1, -0.05) is 30.3 Å². The minimum absolute atomic E-state index is 0.0209. The molecule has 2 atom stereocenters. The summed E-state index contributed by atoms with van der Waals surface area (Å²) in [7, 11) is 0.